The highest BCUT2D eigenvalue weighted by Gasteiger charge is 2.22. The molecule has 8 nitrogen and oxygen atoms in total. The topological polar surface area (TPSA) is 95.1 Å². The molecule has 0 bridgehead atoms. The average molecular weight is 423 g/mol. The molecule has 1 N–H and O–H groups in total. The molecule has 0 unspecified atom stereocenters. The van der Waals surface area contributed by atoms with E-state index < -0.39 is 0 Å². The predicted octanol–water partition coefficient (Wildman–Crippen LogP) is 4.29. The molecule has 0 fully saturated rings. The minimum atomic E-state index is -0.390. The number of thiazole rings is 1. The fourth-order valence-corrected chi connectivity index (χ4v) is 3.78. The highest BCUT2D eigenvalue weighted by atomic mass is 32.1. The third-order valence-corrected chi connectivity index (χ3v) is 5.44. The number of amides is 1. The van der Waals surface area contributed by atoms with Crippen molar-refractivity contribution in [1.82, 2.24) is 19.9 Å². The van der Waals surface area contributed by atoms with Crippen LogP contribution in [0.5, 0.6) is 5.75 Å². The molecule has 0 aliphatic heterocycles. The van der Waals surface area contributed by atoms with Gasteiger partial charge in [-0.2, -0.15) is 5.10 Å². The van der Waals surface area contributed by atoms with Gasteiger partial charge < -0.3 is 9.26 Å². The molecule has 30 heavy (non-hydrogen) atoms. The molecule has 0 aliphatic rings. The van der Waals surface area contributed by atoms with E-state index in [2.05, 4.69) is 20.6 Å². The Kier molecular flexibility index (Phi) is 5.37. The first-order valence-electron chi connectivity index (χ1n) is 9.33. The van der Waals surface area contributed by atoms with E-state index in [1.54, 1.807) is 11.6 Å². The van der Waals surface area contributed by atoms with E-state index >= 15 is 0 Å². The van der Waals surface area contributed by atoms with E-state index in [4.69, 9.17) is 9.26 Å². The molecule has 0 aliphatic carbocycles. The van der Waals surface area contributed by atoms with Gasteiger partial charge in [-0.25, -0.2) is 4.98 Å². The summed E-state index contributed by atoms with van der Waals surface area (Å²) in [5.41, 5.74) is 4.38. The van der Waals surface area contributed by atoms with Gasteiger partial charge in [-0.15, -0.1) is 11.3 Å². The number of carbonyl (C=O) groups excluding carboxylic acids is 1. The molecular formula is C21H21N5O3S. The van der Waals surface area contributed by atoms with Crippen LogP contribution < -0.4 is 10.1 Å². The Morgan fingerprint density at radius 2 is 2.07 bits per heavy atom. The van der Waals surface area contributed by atoms with Gasteiger partial charge in [-0.05, 0) is 32.4 Å². The van der Waals surface area contributed by atoms with Gasteiger partial charge >= 0.3 is 0 Å². The molecule has 3 heterocycles. The summed E-state index contributed by atoms with van der Waals surface area (Å²) in [7, 11) is 1.86. The number of nitrogens with one attached hydrogen (secondary N) is 1. The summed E-state index contributed by atoms with van der Waals surface area (Å²) in [6.07, 6.45) is 1.90. The second-order valence-electron chi connectivity index (χ2n) is 6.91. The maximum Gasteiger partial charge on any atom is 0.280 e. The maximum atomic E-state index is 12.8. The van der Waals surface area contributed by atoms with Crippen molar-refractivity contribution in [1.29, 1.82) is 0 Å². The monoisotopic (exact) mass is 423 g/mol. The zero-order valence-electron chi connectivity index (χ0n) is 17.1. The van der Waals surface area contributed by atoms with Gasteiger partial charge in [0.1, 0.15) is 18.1 Å². The predicted molar refractivity (Wildman–Crippen MR) is 114 cm³/mol. The number of benzene rings is 1. The van der Waals surface area contributed by atoms with Crippen LogP contribution in [0.4, 0.5) is 5.13 Å². The van der Waals surface area contributed by atoms with Gasteiger partial charge in [-0.3, -0.25) is 14.8 Å². The molecule has 9 heteroatoms. The Morgan fingerprint density at radius 1 is 1.27 bits per heavy atom. The fourth-order valence-electron chi connectivity index (χ4n) is 3.07. The molecule has 0 radical (unpaired) electrons. The number of hydrogen-bond donors (Lipinski definition) is 1. The maximum absolute atomic E-state index is 12.8. The van der Waals surface area contributed by atoms with Crippen LogP contribution >= 0.6 is 11.3 Å². The van der Waals surface area contributed by atoms with E-state index in [-0.39, 0.29) is 18.2 Å². The average Bonchev–Trinajstić information content (AvgIpc) is 3.40. The summed E-state index contributed by atoms with van der Waals surface area (Å²) in [4.78, 5) is 17.3. The summed E-state index contributed by atoms with van der Waals surface area (Å²) < 4.78 is 12.9. The summed E-state index contributed by atoms with van der Waals surface area (Å²) in [5, 5.41) is 13.4. The van der Waals surface area contributed by atoms with Gasteiger partial charge in [0.25, 0.3) is 5.91 Å². The van der Waals surface area contributed by atoms with E-state index in [9.17, 15) is 4.79 Å². The molecule has 4 aromatic rings. The van der Waals surface area contributed by atoms with Gasteiger partial charge in [0.15, 0.2) is 10.8 Å². The summed E-state index contributed by atoms with van der Waals surface area (Å²) in [6, 6.07) is 7.70. The molecule has 0 atom stereocenters. The third-order valence-electron chi connectivity index (χ3n) is 4.68. The van der Waals surface area contributed by atoms with Gasteiger partial charge in [0.05, 0.1) is 17.0 Å². The van der Waals surface area contributed by atoms with Crippen LogP contribution in [0.3, 0.4) is 0 Å². The lowest BCUT2D eigenvalue weighted by Gasteiger charge is -2.08. The summed E-state index contributed by atoms with van der Waals surface area (Å²) in [6.45, 7) is 5.83. The Hall–Kier alpha value is -3.46. The van der Waals surface area contributed by atoms with Crippen molar-refractivity contribution in [3.05, 3.63) is 64.1 Å². The zero-order chi connectivity index (χ0) is 21.3. The number of aromatic nitrogens is 4. The van der Waals surface area contributed by atoms with Crippen molar-refractivity contribution in [2.24, 2.45) is 7.05 Å². The van der Waals surface area contributed by atoms with Crippen LogP contribution in [0, 0.1) is 20.8 Å². The molecule has 3 aromatic heterocycles. The smallest absolute Gasteiger partial charge is 0.280 e. The Balaban J connectivity index is 1.49. The number of ether oxygens (including phenoxy) is 1. The number of nitrogens with zero attached hydrogens (tertiary/aromatic N) is 4. The van der Waals surface area contributed by atoms with Crippen LogP contribution in [0.2, 0.25) is 0 Å². The highest BCUT2D eigenvalue weighted by Crippen LogP contribution is 2.27. The number of hydrogen-bond acceptors (Lipinski definition) is 7. The first-order valence-corrected chi connectivity index (χ1v) is 10.2. The molecule has 0 saturated heterocycles. The molecule has 1 aromatic carbocycles. The third kappa shape index (κ3) is 3.97. The number of aryl methyl sites for hydroxylation is 4. The summed E-state index contributed by atoms with van der Waals surface area (Å²) >= 11 is 1.34. The number of rotatable bonds is 6. The van der Waals surface area contributed by atoms with E-state index in [1.165, 1.54) is 11.3 Å². The van der Waals surface area contributed by atoms with Gasteiger partial charge in [-0.1, -0.05) is 23.4 Å². The SMILES string of the molecule is Cc1ccccc1OCc1c(C(=O)Nc2nc(-c3cn(C)nc3C)cs2)noc1C. The van der Waals surface area contributed by atoms with Crippen molar-refractivity contribution < 1.29 is 14.1 Å². The first kappa shape index (κ1) is 19.8. The first-order chi connectivity index (χ1) is 14.4. The van der Waals surface area contributed by atoms with Crippen molar-refractivity contribution >= 4 is 22.4 Å². The second-order valence-corrected chi connectivity index (χ2v) is 7.77. The van der Waals surface area contributed by atoms with Crippen molar-refractivity contribution in [2.75, 3.05) is 5.32 Å². The lowest BCUT2D eigenvalue weighted by Crippen LogP contribution is -2.15. The minimum Gasteiger partial charge on any atom is -0.488 e. The van der Waals surface area contributed by atoms with E-state index in [0.29, 0.717) is 16.5 Å². The van der Waals surface area contributed by atoms with Crippen LogP contribution in [-0.4, -0.2) is 25.8 Å². The molecule has 154 valence electrons. The summed E-state index contributed by atoms with van der Waals surface area (Å²) in [5.74, 6) is 0.902. The zero-order valence-corrected chi connectivity index (χ0v) is 17.9. The normalized spacial score (nSPS) is 10.9. The van der Waals surface area contributed by atoms with Crippen LogP contribution in [0.15, 0.2) is 40.4 Å². The molecule has 0 spiro atoms. The lowest BCUT2D eigenvalue weighted by atomic mass is 10.2. The molecule has 4 rings (SSSR count). The fraction of sp³-hybridized carbons (Fsp3) is 0.238. The van der Waals surface area contributed by atoms with E-state index in [0.717, 1.165) is 28.3 Å². The van der Waals surface area contributed by atoms with Crippen LogP contribution in [0.1, 0.15) is 33.1 Å². The van der Waals surface area contributed by atoms with Crippen LogP contribution in [-0.2, 0) is 13.7 Å². The molecule has 0 saturated carbocycles. The van der Waals surface area contributed by atoms with Crippen molar-refractivity contribution in [3.8, 4) is 17.0 Å². The van der Waals surface area contributed by atoms with E-state index in [1.807, 2.05) is 56.7 Å². The standard InChI is InChI=1S/C21H21N5O3S/c1-12-7-5-6-8-18(12)28-10-16-14(3)29-25-19(16)20(27)23-21-22-17(11-30-21)15-9-26(4)24-13(15)2/h5-9,11H,10H2,1-4H3,(H,22,23,27). The minimum absolute atomic E-state index is 0.181. The van der Waals surface area contributed by atoms with Crippen LogP contribution in [0.25, 0.3) is 11.3 Å². The highest BCUT2D eigenvalue weighted by molar-refractivity contribution is 7.14. The van der Waals surface area contributed by atoms with Crippen molar-refractivity contribution in [3.63, 3.8) is 0 Å². The second kappa shape index (κ2) is 8.11. The molecule has 1 amide bonds. The number of carbonyl (C=O) groups is 1. The molecular weight excluding hydrogens is 402 g/mol. The lowest BCUT2D eigenvalue weighted by molar-refractivity contribution is 0.101. The Bertz CT molecular complexity index is 1210. The Labute approximate surface area is 177 Å². The van der Waals surface area contributed by atoms with Gasteiger partial charge in [0.2, 0.25) is 0 Å². The number of anilines is 1. The van der Waals surface area contributed by atoms with Gasteiger partial charge in [0, 0.05) is 24.2 Å². The largest absolute Gasteiger partial charge is 0.488 e. The quantitative estimate of drug-likeness (QED) is 0.497. The number of para-hydroxylation sites is 1. The van der Waals surface area contributed by atoms with Crippen molar-refractivity contribution in [2.45, 2.75) is 27.4 Å². The Morgan fingerprint density at radius 3 is 2.80 bits per heavy atom.